The lowest BCUT2D eigenvalue weighted by molar-refractivity contribution is 0.222. The SMILES string of the molecule is Cc1nc(N)nc(N2CCC3(CCN(C)C3)CC2)c1Cl. The average molecular weight is 296 g/mol. The van der Waals surface area contributed by atoms with E-state index in [0.29, 0.717) is 16.4 Å². The summed E-state index contributed by atoms with van der Waals surface area (Å²) in [6, 6.07) is 0. The topological polar surface area (TPSA) is 58.3 Å². The maximum absolute atomic E-state index is 6.34. The monoisotopic (exact) mass is 295 g/mol. The Balaban J connectivity index is 1.75. The van der Waals surface area contributed by atoms with Crippen molar-refractivity contribution in [3.63, 3.8) is 0 Å². The standard InChI is InChI=1S/C14H22ClN5/c1-10-11(15)12(18-13(16)17-10)20-7-4-14(5-8-20)3-6-19(2)9-14/h3-9H2,1-2H3,(H2,16,17,18). The third-order valence-corrected chi connectivity index (χ3v) is 5.21. The summed E-state index contributed by atoms with van der Waals surface area (Å²) >= 11 is 6.34. The first kappa shape index (κ1) is 13.9. The number of likely N-dealkylation sites (tertiary alicyclic amines) is 1. The minimum absolute atomic E-state index is 0.308. The highest BCUT2D eigenvalue weighted by atomic mass is 35.5. The fraction of sp³-hybridized carbons (Fsp3) is 0.714. The van der Waals surface area contributed by atoms with Crippen LogP contribution in [0.3, 0.4) is 0 Å². The van der Waals surface area contributed by atoms with Gasteiger partial charge in [0.25, 0.3) is 0 Å². The Morgan fingerprint density at radius 3 is 2.40 bits per heavy atom. The fourth-order valence-corrected chi connectivity index (χ4v) is 3.74. The van der Waals surface area contributed by atoms with Gasteiger partial charge in [0, 0.05) is 19.6 Å². The van der Waals surface area contributed by atoms with E-state index in [9.17, 15) is 0 Å². The van der Waals surface area contributed by atoms with Gasteiger partial charge in [0.1, 0.15) is 5.02 Å². The van der Waals surface area contributed by atoms with E-state index in [1.165, 1.54) is 32.4 Å². The van der Waals surface area contributed by atoms with E-state index in [1.54, 1.807) is 0 Å². The normalized spacial score (nSPS) is 22.6. The zero-order valence-corrected chi connectivity index (χ0v) is 12.9. The van der Waals surface area contributed by atoms with Crippen LogP contribution in [-0.2, 0) is 0 Å². The first-order valence-corrected chi connectivity index (χ1v) is 7.60. The predicted molar refractivity (Wildman–Crippen MR) is 82.2 cm³/mol. The van der Waals surface area contributed by atoms with Crippen molar-refractivity contribution in [2.45, 2.75) is 26.2 Å². The van der Waals surface area contributed by atoms with E-state index >= 15 is 0 Å². The largest absolute Gasteiger partial charge is 0.368 e. The Kier molecular flexibility index (Phi) is 3.50. The molecule has 6 heteroatoms. The second kappa shape index (κ2) is 5.04. The molecule has 2 N–H and O–H groups in total. The van der Waals surface area contributed by atoms with Gasteiger partial charge in [-0.1, -0.05) is 11.6 Å². The first-order chi connectivity index (χ1) is 9.49. The Bertz CT molecular complexity index is 511. The van der Waals surface area contributed by atoms with Crippen molar-refractivity contribution >= 4 is 23.4 Å². The van der Waals surface area contributed by atoms with Gasteiger partial charge in [0.05, 0.1) is 5.69 Å². The quantitative estimate of drug-likeness (QED) is 0.858. The number of rotatable bonds is 1. The van der Waals surface area contributed by atoms with Crippen molar-refractivity contribution in [3.05, 3.63) is 10.7 Å². The van der Waals surface area contributed by atoms with Gasteiger partial charge in [-0.3, -0.25) is 0 Å². The van der Waals surface area contributed by atoms with Gasteiger partial charge < -0.3 is 15.5 Å². The van der Waals surface area contributed by atoms with E-state index in [2.05, 4.69) is 26.8 Å². The molecule has 3 heterocycles. The van der Waals surface area contributed by atoms with Crippen molar-refractivity contribution in [1.29, 1.82) is 0 Å². The highest BCUT2D eigenvalue weighted by Gasteiger charge is 2.39. The van der Waals surface area contributed by atoms with E-state index < -0.39 is 0 Å². The van der Waals surface area contributed by atoms with Gasteiger partial charge in [-0.25, -0.2) is 4.98 Å². The van der Waals surface area contributed by atoms with Gasteiger partial charge in [-0.15, -0.1) is 0 Å². The number of anilines is 2. The molecule has 0 atom stereocenters. The molecule has 2 aliphatic rings. The smallest absolute Gasteiger partial charge is 0.222 e. The predicted octanol–water partition coefficient (Wildman–Crippen LogP) is 1.94. The Morgan fingerprint density at radius 1 is 1.15 bits per heavy atom. The summed E-state index contributed by atoms with van der Waals surface area (Å²) in [6.45, 7) is 6.33. The molecule has 0 aliphatic carbocycles. The van der Waals surface area contributed by atoms with Gasteiger partial charge in [-0.2, -0.15) is 4.98 Å². The Morgan fingerprint density at radius 2 is 1.80 bits per heavy atom. The first-order valence-electron chi connectivity index (χ1n) is 7.22. The van der Waals surface area contributed by atoms with Gasteiger partial charge in [-0.05, 0) is 45.2 Å². The zero-order valence-electron chi connectivity index (χ0n) is 12.2. The van der Waals surface area contributed by atoms with E-state index in [0.717, 1.165) is 24.6 Å². The summed E-state index contributed by atoms with van der Waals surface area (Å²) < 4.78 is 0. The van der Waals surface area contributed by atoms with Crippen molar-refractivity contribution < 1.29 is 0 Å². The summed E-state index contributed by atoms with van der Waals surface area (Å²) in [5.74, 6) is 1.11. The molecule has 5 nitrogen and oxygen atoms in total. The lowest BCUT2D eigenvalue weighted by Crippen LogP contribution is -2.42. The number of hydrogen-bond acceptors (Lipinski definition) is 5. The highest BCUT2D eigenvalue weighted by Crippen LogP contribution is 2.41. The number of nitrogen functional groups attached to an aromatic ring is 1. The summed E-state index contributed by atoms with van der Waals surface area (Å²) in [6.07, 6.45) is 3.73. The second-order valence-corrected chi connectivity index (χ2v) is 6.66. The van der Waals surface area contributed by atoms with E-state index in [4.69, 9.17) is 17.3 Å². The van der Waals surface area contributed by atoms with Crippen LogP contribution < -0.4 is 10.6 Å². The van der Waals surface area contributed by atoms with Gasteiger partial charge >= 0.3 is 0 Å². The number of aryl methyl sites for hydroxylation is 1. The second-order valence-electron chi connectivity index (χ2n) is 6.28. The lowest BCUT2D eigenvalue weighted by Gasteiger charge is -2.40. The van der Waals surface area contributed by atoms with Crippen molar-refractivity contribution in [3.8, 4) is 0 Å². The third kappa shape index (κ3) is 2.44. The molecular weight excluding hydrogens is 274 g/mol. The minimum Gasteiger partial charge on any atom is -0.368 e. The molecule has 0 saturated carbocycles. The number of nitrogens with two attached hydrogens (primary N) is 1. The van der Waals surface area contributed by atoms with Crippen LogP contribution in [0.25, 0.3) is 0 Å². The minimum atomic E-state index is 0.308. The summed E-state index contributed by atoms with van der Waals surface area (Å²) in [4.78, 5) is 13.1. The van der Waals surface area contributed by atoms with E-state index in [1.807, 2.05) is 6.92 Å². The van der Waals surface area contributed by atoms with Crippen LogP contribution in [0.4, 0.5) is 11.8 Å². The fourth-order valence-electron chi connectivity index (χ4n) is 3.53. The molecule has 2 aliphatic heterocycles. The molecule has 1 aromatic rings. The molecule has 0 unspecified atom stereocenters. The number of hydrogen-bond donors (Lipinski definition) is 1. The Labute approximate surface area is 125 Å². The number of halogens is 1. The molecule has 20 heavy (non-hydrogen) atoms. The van der Waals surface area contributed by atoms with Crippen molar-refractivity contribution in [1.82, 2.24) is 14.9 Å². The molecule has 0 amide bonds. The van der Waals surface area contributed by atoms with Crippen LogP contribution in [-0.4, -0.2) is 48.1 Å². The molecule has 110 valence electrons. The maximum Gasteiger partial charge on any atom is 0.222 e. The molecule has 2 saturated heterocycles. The Hall–Kier alpha value is -1.07. The van der Waals surface area contributed by atoms with Crippen LogP contribution in [0.2, 0.25) is 5.02 Å². The molecule has 1 aromatic heterocycles. The van der Waals surface area contributed by atoms with Crippen molar-refractivity contribution in [2.24, 2.45) is 5.41 Å². The zero-order chi connectivity index (χ0) is 14.3. The molecule has 0 aromatic carbocycles. The average Bonchev–Trinajstić information content (AvgIpc) is 2.76. The molecule has 0 radical (unpaired) electrons. The van der Waals surface area contributed by atoms with Crippen LogP contribution in [0.5, 0.6) is 0 Å². The van der Waals surface area contributed by atoms with Crippen LogP contribution in [0.1, 0.15) is 25.0 Å². The molecule has 0 bridgehead atoms. The lowest BCUT2D eigenvalue weighted by atomic mass is 9.78. The molecule has 1 spiro atoms. The van der Waals surface area contributed by atoms with Gasteiger partial charge in [0.2, 0.25) is 5.95 Å². The summed E-state index contributed by atoms with van der Waals surface area (Å²) in [5.41, 5.74) is 7.02. The highest BCUT2D eigenvalue weighted by molar-refractivity contribution is 6.33. The van der Waals surface area contributed by atoms with Crippen molar-refractivity contribution in [2.75, 3.05) is 43.9 Å². The number of nitrogens with zero attached hydrogens (tertiary/aromatic N) is 4. The summed E-state index contributed by atoms with van der Waals surface area (Å²) in [5, 5.41) is 0.638. The molecule has 2 fully saturated rings. The molecular formula is C14H22ClN5. The van der Waals surface area contributed by atoms with Crippen LogP contribution in [0.15, 0.2) is 0 Å². The molecule has 3 rings (SSSR count). The maximum atomic E-state index is 6.34. The van der Waals surface area contributed by atoms with Crippen LogP contribution >= 0.6 is 11.6 Å². The van der Waals surface area contributed by atoms with Crippen LogP contribution in [0, 0.1) is 12.3 Å². The van der Waals surface area contributed by atoms with Gasteiger partial charge in [0.15, 0.2) is 5.82 Å². The summed E-state index contributed by atoms with van der Waals surface area (Å²) in [7, 11) is 2.21. The van der Waals surface area contributed by atoms with E-state index in [-0.39, 0.29) is 0 Å². The number of piperidine rings is 1. The number of aromatic nitrogens is 2. The third-order valence-electron chi connectivity index (χ3n) is 4.77.